The van der Waals surface area contributed by atoms with Crippen LogP contribution in [0.15, 0.2) is 6.07 Å². The molecule has 2 rings (SSSR count). The number of anilines is 1. The Hall–Kier alpha value is -2.42. The number of urea groups is 1. The number of carbonyl (C=O) groups is 4. The molecule has 0 aliphatic carbocycles. The summed E-state index contributed by atoms with van der Waals surface area (Å²) in [4.78, 5) is 51.1. The minimum absolute atomic E-state index is 0.224. The van der Waals surface area contributed by atoms with Gasteiger partial charge in [-0.05, 0) is 32.3 Å². The van der Waals surface area contributed by atoms with Gasteiger partial charge in [0.25, 0.3) is 5.91 Å². The van der Waals surface area contributed by atoms with E-state index in [1.54, 1.807) is 13.0 Å². The first-order valence-corrected chi connectivity index (χ1v) is 9.87. The molecule has 9 heteroatoms. The van der Waals surface area contributed by atoms with Crippen LogP contribution in [0.3, 0.4) is 0 Å². The molecule has 1 fully saturated rings. The van der Waals surface area contributed by atoms with Crippen LogP contribution in [-0.4, -0.2) is 47.4 Å². The molecule has 4 amide bonds. The minimum atomic E-state index is -0.953. The van der Waals surface area contributed by atoms with Crippen molar-refractivity contribution in [3.8, 4) is 0 Å². The van der Waals surface area contributed by atoms with Gasteiger partial charge in [0.15, 0.2) is 0 Å². The third-order valence-corrected chi connectivity index (χ3v) is 5.83. The van der Waals surface area contributed by atoms with Gasteiger partial charge in [0.2, 0.25) is 5.91 Å². The van der Waals surface area contributed by atoms with E-state index in [2.05, 4.69) is 10.6 Å². The van der Waals surface area contributed by atoms with Gasteiger partial charge in [-0.1, -0.05) is 20.8 Å². The summed E-state index contributed by atoms with van der Waals surface area (Å²) < 4.78 is 5.02. The van der Waals surface area contributed by atoms with Gasteiger partial charge in [-0.15, -0.1) is 11.3 Å². The van der Waals surface area contributed by atoms with Crippen LogP contribution in [0.5, 0.6) is 0 Å². The normalized spacial score (nSPS) is 15.6. The fourth-order valence-corrected chi connectivity index (χ4v) is 3.93. The summed E-state index contributed by atoms with van der Waals surface area (Å²) in [5, 5.41) is 5.68. The zero-order chi connectivity index (χ0) is 20.2. The molecule has 0 radical (unpaired) electrons. The number of nitrogens with zero attached hydrogens (tertiary/aromatic N) is 1. The van der Waals surface area contributed by atoms with Gasteiger partial charge >= 0.3 is 12.0 Å². The van der Waals surface area contributed by atoms with Gasteiger partial charge in [-0.2, -0.15) is 0 Å². The first-order valence-electron chi connectivity index (χ1n) is 9.05. The van der Waals surface area contributed by atoms with Crippen molar-refractivity contribution in [2.24, 2.45) is 0 Å². The molecule has 1 aliphatic rings. The Labute approximate surface area is 162 Å². The van der Waals surface area contributed by atoms with E-state index in [9.17, 15) is 19.2 Å². The van der Waals surface area contributed by atoms with E-state index in [0.717, 1.165) is 9.78 Å². The van der Waals surface area contributed by atoms with Gasteiger partial charge in [0, 0.05) is 4.88 Å². The molecule has 2 N–H and O–H groups in total. The first-order chi connectivity index (χ1) is 12.8. The van der Waals surface area contributed by atoms with Crippen LogP contribution in [0.1, 0.15) is 55.8 Å². The largest absolute Gasteiger partial charge is 0.462 e. The first kappa shape index (κ1) is 20.9. The molecule has 0 aromatic carbocycles. The Morgan fingerprint density at radius 3 is 2.41 bits per heavy atom. The number of aryl methyl sites for hydroxylation is 1. The van der Waals surface area contributed by atoms with E-state index in [-0.39, 0.29) is 12.2 Å². The molecule has 2 heterocycles. The van der Waals surface area contributed by atoms with Crippen molar-refractivity contribution >= 4 is 40.2 Å². The molecule has 0 spiro atoms. The van der Waals surface area contributed by atoms with E-state index >= 15 is 0 Å². The zero-order valence-electron chi connectivity index (χ0n) is 16.0. The number of imide groups is 1. The van der Waals surface area contributed by atoms with Crippen molar-refractivity contribution in [2.45, 2.75) is 52.5 Å². The lowest BCUT2D eigenvalue weighted by Gasteiger charge is -2.22. The molecular weight excluding hydrogens is 370 g/mol. The summed E-state index contributed by atoms with van der Waals surface area (Å²) in [5.41, 5.74) is -0.674. The number of hydrogen-bond acceptors (Lipinski definition) is 6. The SMILES string of the molecule is CCOC(=O)c1cc(CC)sc1NC(=O)CN1C(=O)NC(CC)(CC)C1=O. The summed E-state index contributed by atoms with van der Waals surface area (Å²) in [5.74, 6) is -1.47. The highest BCUT2D eigenvalue weighted by molar-refractivity contribution is 7.16. The standard InChI is InChI=1S/C18H25N3O5S/c1-5-11-9-12(15(23)26-8-4)14(27-11)19-13(22)10-21-16(24)18(6-2,7-3)20-17(21)25/h9H,5-8,10H2,1-4H3,(H,19,22)(H,20,25). The number of amides is 4. The highest BCUT2D eigenvalue weighted by Gasteiger charge is 2.49. The summed E-state index contributed by atoms with van der Waals surface area (Å²) in [7, 11) is 0. The molecule has 1 aliphatic heterocycles. The van der Waals surface area contributed by atoms with E-state index in [0.29, 0.717) is 24.3 Å². The molecule has 1 aromatic heterocycles. The maximum Gasteiger partial charge on any atom is 0.341 e. The molecular formula is C18H25N3O5S. The molecule has 0 bridgehead atoms. The number of hydrogen-bond donors (Lipinski definition) is 2. The topological polar surface area (TPSA) is 105 Å². The fourth-order valence-electron chi connectivity index (χ4n) is 2.93. The second kappa shape index (κ2) is 8.51. The maximum absolute atomic E-state index is 12.6. The van der Waals surface area contributed by atoms with E-state index < -0.39 is 35.9 Å². The highest BCUT2D eigenvalue weighted by Crippen LogP contribution is 2.30. The van der Waals surface area contributed by atoms with Gasteiger partial charge < -0.3 is 15.4 Å². The monoisotopic (exact) mass is 395 g/mol. The predicted molar refractivity (Wildman–Crippen MR) is 102 cm³/mol. The van der Waals surface area contributed by atoms with Gasteiger partial charge in [-0.3, -0.25) is 14.5 Å². The molecule has 0 atom stereocenters. The van der Waals surface area contributed by atoms with E-state index in [1.165, 1.54) is 11.3 Å². The second-order valence-corrected chi connectivity index (χ2v) is 7.33. The number of esters is 1. The van der Waals surface area contributed by atoms with Crippen LogP contribution in [0.4, 0.5) is 9.80 Å². The van der Waals surface area contributed by atoms with Gasteiger partial charge in [-0.25, -0.2) is 9.59 Å². The molecule has 148 valence electrons. The van der Waals surface area contributed by atoms with E-state index in [1.807, 2.05) is 20.8 Å². The van der Waals surface area contributed by atoms with Gasteiger partial charge in [0.05, 0.1) is 12.2 Å². The number of ether oxygens (including phenoxy) is 1. The Kier molecular flexibility index (Phi) is 6.59. The van der Waals surface area contributed by atoms with Crippen LogP contribution in [-0.2, 0) is 20.7 Å². The molecule has 0 unspecified atom stereocenters. The molecule has 1 saturated heterocycles. The van der Waals surface area contributed by atoms with Crippen molar-refractivity contribution in [3.05, 3.63) is 16.5 Å². The smallest absolute Gasteiger partial charge is 0.341 e. The molecule has 0 saturated carbocycles. The summed E-state index contributed by atoms with van der Waals surface area (Å²) in [6.07, 6.45) is 1.60. The Bertz CT molecular complexity index is 754. The number of nitrogens with one attached hydrogen (secondary N) is 2. The molecule has 27 heavy (non-hydrogen) atoms. The average molecular weight is 395 g/mol. The van der Waals surface area contributed by atoms with Crippen LogP contribution < -0.4 is 10.6 Å². The van der Waals surface area contributed by atoms with Crippen molar-refractivity contribution in [2.75, 3.05) is 18.5 Å². The van der Waals surface area contributed by atoms with Crippen LogP contribution in [0.2, 0.25) is 0 Å². The Morgan fingerprint density at radius 2 is 1.89 bits per heavy atom. The number of rotatable bonds is 8. The fraction of sp³-hybridized carbons (Fsp3) is 0.556. The van der Waals surface area contributed by atoms with Crippen molar-refractivity contribution in [1.82, 2.24) is 10.2 Å². The zero-order valence-corrected chi connectivity index (χ0v) is 16.8. The Balaban J connectivity index is 2.14. The molecule has 8 nitrogen and oxygen atoms in total. The second-order valence-electron chi connectivity index (χ2n) is 6.19. The highest BCUT2D eigenvalue weighted by atomic mass is 32.1. The lowest BCUT2D eigenvalue weighted by atomic mass is 9.93. The summed E-state index contributed by atoms with van der Waals surface area (Å²) in [6, 6.07) is 1.11. The third kappa shape index (κ3) is 4.13. The van der Waals surface area contributed by atoms with Crippen molar-refractivity contribution in [1.29, 1.82) is 0 Å². The lowest BCUT2D eigenvalue weighted by Crippen LogP contribution is -2.46. The minimum Gasteiger partial charge on any atom is -0.462 e. The summed E-state index contributed by atoms with van der Waals surface area (Å²) >= 11 is 1.27. The Morgan fingerprint density at radius 1 is 1.22 bits per heavy atom. The lowest BCUT2D eigenvalue weighted by molar-refractivity contribution is -0.134. The summed E-state index contributed by atoms with van der Waals surface area (Å²) in [6.45, 7) is 7.09. The predicted octanol–water partition coefficient (Wildman–Crippen LogP) is 2.54. The van der Waals surface area contributed by atoms with Gasteiger partial charge in [0.1, 0.15) is 17.1 Å². The average Bonchev–Trinajstić information content (AvgIpc) is 3.16. The number of carbonyl (C=O) groups excluding carboxylic acids is 4. The van der Waals surface area contributed by atoms with Crippen molar-refractivity contribution < 1.29 is 23.9 Å². The number of thiophene rings is 1. The van der Waals surface area contributed by atoms with Crippen molar-refractivity contribution in [3.63, 3.8) is 0 Å². The van der Waals surface area contributed by atoms with Crippen LogP contribution in [0, 0.1) is 0 Å². The van der Waals surface area contributed by atoms with Crippen LogP contribution >= 0.6 is 11.3 Å². The van der Waals surface area contributed by atoms with Crippen LogP contribution in [0.25, 0.3) is 0 Å². The molecule has 1 aromatic rings. The quantitative estimate of drug-likeness (QED) is 0.520. The maximum atomic E-state index is 12.6. The third-order valence-electron chi connectivity index (χ3n) is 4.63. The van der Waals surface area contributed by atoms with E-state index in [4.69, 9.17) is 4.74 Å².